The lowest BCUT2D eigenvalue weighted by Crippen LogP contribution is -2.15. The van der Waals surface area contributed by atoms with Crippen LogP contribution in [0.15, 0.2) is 78.9 Å². The number of benzene rings is 3. The number of hydrogen-bond acceptors (Lipinski definition) is 3. The summed E-state index contributed by atoms with van der Waals surface area (Å²) < 4.78 is 0. The zero-order chi connectivity index (χ0) is 19.9. The van der Waals surface area contributed by atoms with Crippen molar-refractivity contribution in [3.8, 4) is 0 Å². The van der Waals surface area contributed by atoms with Crippen molar-refractivity contribution in [1.29, 1.82) is 0 Å². The van der Waals surface area contributed by atoms with Gasteiger partial charge in [0.2, 0.25) is 5.91 Å². The number of hydrogen-bond donors (Lipinski definition) is 3. The van der Waals surface area contributed by atoms with Crippen molar-refractivity contribution < 1.29 is 14.4 Å². The molecule has 0 aliphatic rings. The molecule has 0 fully saturated rings. The molecule has 140 valence electrons. The Kier molecular flexibility index (Phi) is 5.81. The Bertz CT molecular complexity index is 1020. The van der Waals surface area contributed by atoms with Gasteiger partial charge in [0.15, 0.2) is 0 Å². The highest BCUT2D eigenvalue weighted by Gasteiger charge is 2.10. The van der Waals surface area contributed by atoms with E-state index in [1.807, 2.05) is 6.07 Å². The summed E-state index contributed by atoms with van der Waals surface area (Å²) in [5.41, 5.74) is 2.60. The summed E-state index contributed by atoms with van der Waals surface area (Å²) in [6.07, 6.45) is 0. The van der Waals surface area contributed by atoms with Crippen LogP contribution in [-0.4, -0.2) is 17.7 Å². The second-order valence-electron chi connectivity index (χ2n) is 6.12. The van der Waals surface area contributed by atoms with Crippen LogP contribution in [0.1, 0.15) is 27.6 Å². The molecule has 3 aromatic carbocycles. The molecule has 0 aromatic heterocycles. The van der Waals surface area contributed by atoms with Crippen molar-refractivity contribution in [1.82, 2.24) is 0 Å². The fourth-order valence-electron chi connectivity index (χ4n) is 2.61. The van der Waals surface area contributed by atoms with Gasteiger partial charge in [-0.1, -0.05) is 30.3 Å². The highest BCUT2D eigenvalue weighted by atomic mass is 16.2. The lowest BCUT2D eigenvalue weighted by molar-refractivity contribution is -0.114. The third-order valence-corrected chi connectivity index (χ3v) is 3.86. The molecule has 0 aliphatic heterocycles. The molecule has 0 bridgehead atoms. The largest absolute Gasteiger partial charge is 0.326 e. The average Bonchev–Trinajstić information content (AvgIpc) is 2.68. The topological polar surface area (TPSA) is 87.3 Å². The van der Waals surface area contributed by atoms with E-state index >= 15 is 0 Å². The molecule has 0 aliphatic carbocycles. The summed E-state index contributed by atoms with van der Waals surface area (Å²) in [6, 6.07) is 22.4. The molecule has 3 aromatic rings. The molecule has 0 unspecified atom stereocenters. The monoisotopic (exact) mass is 373 g/mol. The number of carbonyl (C=O) groups is 3. The molecular formula is C22H19N3O3. The van der Waals surface area contributed by atoms with Crippen LogP contribution in [0.2, 0.25) is 0 Å². The second kappa shape index (κ2) is 8.64. The van der Waals surface area contributed by atoms with Gasteiger partial charge in [0, 0.05) is 35.1 Å². The van der Waals surface area contributed by atoms with Crippen molar-refractivity contribution in [2.45, 2.75) is 6.92 Å². The van der Waals surface area contributed by atoms with E-state index in [4.69, 9.17) is 0 Å². The number of amides is 3. The van der Waals surface area contributed by atoms with Gasteiger partial charge < -0.3 is 16.0 Å². The smallest absolute Gasteiger partial charge is 0.255 e. The Morgan fingerprint density at radius 3 is 1.71 bits per heavy atom. The molecule has 0 saturated heterocycles. The quantitative estimate of drug-likeness (QED) is 0.628. The van der Waals surface area contributed by atoms with Gasteiger partial charge in [0.05, 0.1) is 0 Å². The van der Waals surface area contributed by atoms with Crippen LogP contribution in [0.4, 0.5) is 17.1 Å². The van der Waals surface area contributed by atoms with Gasteiger partial charge in [-0.15, -0.1) is 0 Å². The minimum atomic E-state index is -0.323. The summed E-state index contributed by atoms with van der Waals surface area (Å²) in [4.78, 5) is 36.0. The van der Waals surface area contributed by atoms with E-state index in [-0.39, 0.29) is 17.7 Å². The van der Waals surface area contributed by atoms with Crippen LogP contribution in [-0.2, 0) is 4.79 Å². The molecular weight excluding hydrogens is 354 g/mol. The van der Waals surface area contributed by atoms with Crippen molar-refractivity contribution in [3.63, 3.8) is 0 Å². The SMILES string of the molecule is CC(=O)Nc1cccc(NC(=O)c2cccc(NC(=O)c3ccccc3)c2)c1. The number of carbonyl (C=O) groups excluding carboxylic acids is 3. The fourth-order valence-corrected chi connectivity index (χ4v) is 2.61. The van der Waals surface area contributed by atoms with Crippen LogP contribution in [0.5, 0.6) is 0 Å². The molecule has 0 spiro atoms. The Hall–Kier alpha value is -3.93. The van der Waals surface area contributed by atoms with E-state index in [9.17, 15) is 14.4 Å². The van der Waals surface area contributed by atoms with Crippen molar-refractivity contribution in [2.24, 2.45) is 0 Å². The first-order valence-corrected chi connectivity index (χ1v) is 8.67. The Morgan fingerprint density at radius 1 is 0.571 bits per heavy atom. The summed E-state index contributed by atoms with van der Waals surface area (Å²) in [7, 11) is 0. The Labute approximate surface area is 162 Å². The zero-order valence-electron chi connectivity index (χ0n) is 15.2. The molecule has 0 radical (unpaired) electrons. The summed E-state index contributed by atoms with van der Waals surface area (Å²) in [6.45, 7) is 1.42. The van der Waals surface area contributed by atoms with Crippen molar-refractivity contribution in [3.05, 3.63) is 90.0 Å². The van der Waals surface area contributed by atoms with Crippen molar-refractivity contribution in [2.75, 3.05) is 16.0 Å². The lowest BCUT2D eigenvalue weighted by Gasteiger charge is -2.10. The first-order valence-electron chi connectivity index (χ1n) is 8.67. The molecule has 28 heavy (non-hydrogen) atoms. The maximum absolute atomic E-state index is 12.5. The fraction of sp³-hybridized carbons (Fsp3) is 0.0455. The standard InChI is InChI=1S/C22H19N3O3/c1-15(26)23-19-11-6-12-20(14-19)25-22(28)17-9-5-10-18(13-17)24-21(27)16-7-3-2-4-8-16/h2-14H,1H3,(H,23,26)(H,24,27)(H,25,28). The maximum Gasteiger partial charge on any atom is 0.255 e. The molecule has 6 nitrogen and oxygen atoms in total. The van der Waals surface area contributed by atoms with E-state index in [0.29, 0.717) is 28.2 Å². The minimum absolute atomic E-state index is 0.190. The van der Waals surface area contributed by atoms with E-state index in [0.717, 1.165) is 0 Å². The molecule has 0 heterocycles. The van der Waals surface area contributed by atoms with Crippen LogP contribution < -0.4 is 16.0 Å². The number of anilines is 3. The highest BCUT2D eigenvalue weighted by molar-refractivity contribution is 6.07. The van der Waals surface area contributed by atoms with Gasteiger partial charge in [-0.05, 0) is 48.5 Å². The summed E-state index contributed by atoms with van der Waals surface area (Å²) in [5.74, 6) is -0.762. The van der Waals surface area contributed by atoms with E-state index in [2.05, 4.69) is 16.0 Å². The van der Waals surface area contributed by atoms with Gasteiger partial charge in [-0.25, -0.2) is 0 Å². The van der Waals surface area contributed by atoms with Crippen LogP contribution in [0, 0.1) is 0 Å². The third-order valence-electron chi connectivity index (χ3n) is 3.86. The predicted octanol–water partition coefficient (Wildman–Crippen LogP) is 4.15. The van der Waals surface area contributed by atoms with Crippen LogP contribution in [0.25, 0.3) is 0 Å². The first kappa shape index (κ1) is 18.8. The summed E-state index contributed by atoms with van der Waals surface area (Å²) >= 11 is 0. The molecule has 3 amide bonds. The van der Waals surface area contributed by atoms with Crippen LogP contribution in [0.3, 0.4) is 0 Å². The third kappa shape index (κ3) is 5.04. The summed E-state index contributed by atoms with van der Waals surface area (Å²) in [5, 5.41) is 8.23. The van der Waals surface area contributed by atoms with Gasteiger partial charge in [0.25, 0.3) is 11.8 Å². The van der Waals surface area contributed by atoms with Crippen molar-refractivity contribution >= 4 is 34.8 Å². The van der Waals surface area contributed by atoms with E-state index < -0.39 is 0 Å². The second-order valence-corrected chi connectivity index (χ2v) is 6.12. The molecule has 3 N–H and O–H groups in total. The maximum atomic E-state index is 12.5. The van der Waals surface area contributed by atoms with Gasteiger partial charge in [-0.3, -0.25) is 14.4 Å². The lowest BCUT2D eigenvalue weighted by atomic mass is 10.1. The Balaban J connectivity index is 1.70. The number of rotatable bonds is 5. The van der Waals surface area contributed by atoms with Crippen LogP contribution >= 0.6 is 0 Å². The predicted molar refractivity (Wildman–Crippen MR) is 110 cm³/mol. The molecule has 3 rings (SSSR count). The first-order chi connectivity index (χ1) is 13.5. The van der Waals surface area contributed by atoms with E-state index in [1.165, 1.54) is 6.92 Å². The zero-order valence-corrected chi connectivity index (χ0v) is 15.2. The van der Waals surface area contributed by atoms with Gasteiger partial charge in [-0.2, -0.15) is 0 Å². The van der Waals surface area contributed by atoms with Gasteiger partial charge >= 0.3 is 0 Å². The normalized spacial score (nSPS) is 10.0. The number of nitrogens with one attached hydrogen (secondary N) is 3. The highest BCUT2D eigenvalue weighted by Crippen LogP contribution is 2.18. The molecule has 6 heteroatoms. The average molecular weight is 373 g/mol. The minimum Gasteiger partial charge on any atom is -0.326 e. The van der Waals surface area contributed by atoms with E-state index in [1.54, 1.807) is 72.8 Å². The Morgan fingerprint density at radius 2 is 1.07 bits per heavy atom. The molecule has 0 saturated carbocycles. The molecule has 0 atom stereocenters. The van der Waals surface area contributed by atoms with Gasteiger partial charge in [0.1, 0.15) is 0 Å².